The first-order valence-corrected chi connectivity index (χ1v) is 8.00. The molecule has 0 bridgehead atoms. The molecule has 2 saturated heterocycles. The predicted octanol–water partition coefficient (Wildman–Crippen LogP) is 2.37. The van der Waals surface area contributed by atoms with Crippen molar-refractivity contribution in [2.45, 2.75) is 37.8 Å². The third-order valence-electron chi connectivity index (χ3n) is 5.52. The van der Waals surface area contributed by atoms with E-state index in [0.717, 1.165) is 17.7 Å². The molecule has 3 heteroatoms. The second-order valence-electron chi connectivity index (χ2n) is 6.48. The fourth-order valence-electron chi connectivity index (χ4n) is 4.52. The molecule has 1 N–H and O–H groups in total. The largest absolute Gasteiger partial charge is 0.497 e. The SMILES string of the molecule is COc1ccc2c(c1)C(N1CCCC3CNCC31)CC2. The highest BCUT2D eigenvalue weighted by molar-refractivity contribution is 5.41. The van der Waals surface area contributed by atoms with Crippen molar-refractivity contribution >= 4 is 0 Å². The molecule has 0 saturated carbocycles. The van der Waals surface area contributed by atoms with Gasteiger partial charge in [-0.25, -0.2) is 0 Å². The maximum atomic E-state index is 5.43. The van der Waals surface area contributed by atoms with E-state index in [1.807, 2.05) is 0 Å². The standard InChI is InChI=1S/C17H24N2O/c1-20-14-6-4-12-5-7-16(15(12)9-14)19-8-2-3-13-10-18-11-17(13)19/h4,6,9,13,16-18H,2-3,5,7-8,10-11H2,1H3. The number of piperidine rings is 1. The number of fused-ring (bicyclic) bond motifs is 2. The lowest BCUT2D eigenvalue weighted by Gasteiger charge is -2.41. The topological polar surface area (TPSA) is 24.5 Å². The van der Waals surface area contributed by atoms with E-state index in [-0.39, 0.29) is 0 Å². The highest BCUT2D eigenvalue weighted by atomic mass is 16.5. The molecule has 1 aliphatic carbocycles. The van der Waals surface area contributed by atoms with Gasteiger partial charge in [0.2, 0.25) is 0 Å². The fraction of sp³-hybridized carbons (Fsp3) is 0.647. The van der Waals surface area contributed by atoms with E-state index >= 15 is 0 Å². The number of hydrogen-bond acceptors (Lipinski definition) is 3. The lowest BCUT2D eigenvalue weighted by Crippen LogP contribution is -2.46. The third-order valence-corrected chi connectivity index (χ3v) is 5.52. The van der Waals surface area contributed by atoms with Crippen LogP contribution in [0.2, 0.25) is 0 Å². The normalized spacial score (nSPS) is 33.0. The van der Waals surface area contributed by atoms with Crippen LogP contribution in [0.5, 0.6) is 5.75 Å². The molecule has 0 aromatic heterocycles. The van der Waals surface area contributed by atoms with Crippen LogP contribution >= 0.6 is 0 Å². The Morgan fingerprint density at radius 1 is 1.25 bits per heavy atom. The molecule has 3 unspecified atom stereocenters. The van der Waals surface area contributed by atoms with E-state index in [0.29, 0.717) is 6.04 Å². The van der Waals surface area contributed by atoms with Crippen LogP contribution in [0, 0.1) is 5.92 Å². The van der Waals surface area contributed by atoms with Crippen LogP contribution in [0.25, 0.3) is 0 Å². The van der Waals surface area contributed by atoms with E-state index < -0.39 is 0 Å². The predicted molar refractivity (Wildman–Crippen MR) is 80.1 cm³/mol. The van der Waals surface area contributed by atoms with Gasteiger partial charge in [-0.1, -0.05) is 6.07 Å². The van der Waals surface area contributed by atoms with Gasteiger partial charge in [0, 0.05) is 18.6 Å². The number of ether oxygens (including phenoxy) is 1. The van der Waals surface area contributed by atoms with Crippen molar-refractivity contribution in [3.8, 4) is 5.75 Å². The number of rotatable bonds is 2. The number of hydrogen-bond donors (Lipinski definition) is 1. The van der Waals surface area contributed by atoms with Gasteiger partial charge >= 0.3 is 0 Å². The summed E-state index contributed by atoms with van der Waals surface area (Å²) in [6.45, 7) is 3.67. The van der Waals surface area contributed by atoms with E-state index in [1.165, 1.54) is 56.4 Å². The van der Waals surface area contributed by atoms with Gasteiger partial charge in [-0.2, -0.15) is 0 Å². The molecule has 0 amide bonds. The summed E-state index contributed by atoms with van der Waals surface area (Å²) >= 11 is 0. The molecular weight excluding hydrogens is 248 g/mol. The highest BCUT2D eigenvalue weighted by Crippen LogP contribution is 2.42. The quantitative estimate of drug-likeness (QED) is 0.894. The van der Waals surface area contributed by atoms with Crippen LogP contribution in [0.1, 0.15) is 36.4 Å². The van der Waals surface area contributed by atoms with Gasteiger partial charge in [0.1, 0.15) is 5.75 Å². The van der Waals surface area contributed by atoms with Gasteiger partial charge < -0.3 is 10.1 Å². The van der Waals surface area contributed by atoms with Crippen molar-refractivity contribution in [2.75, 3.05) is 26.7 Å². The van der Waals surface area contributed by atoms with Crippen molar-refractivity contribution in [1.29, 1.82) is 0 Å². The summed E-state index contributed by atoms with van der Waals surface area (Å²) < 4.78 is 5.43. The zero-order valence-electron chi connectivity index (χ0n) is 12.3. The molecule has 2 fully saturated rings. The van der Waals surface area contributed by atoms with E-state index in [9.17, 15) is 0 Å². The van der Waals surface area contributed by atoms with Crippen molar-refractivity contribution in [1.82, 2.24) is 10.2 Å². The Kier molecular flexibility index (Phi) is 3.20. The molecule has 2 heterocycles. The third kappa shape index (κ3) is 1.95. The molecule has 1 aromatic carbocycles. The Labute approximate surface area is 121 Å². The summed E-state index contributed by atoms with van der Waals surface area (Å²) in [5.41, 5.74) is 3.06. The second-order valence-corrected chi connectivity index (χ2v) is 6.48. The van der Waals surface area contributed by atoms with Crippen LogP contribution < -0.4 is 10.1 Å². The molecule has 0 radical (unpaired) electrons. The van der Waals surface area contributed by atoms with Gasteiger partial charge in [0.25, 0.3) is 0 Å². The van der Waals surface area contributed by atoms with Gasteiger partial charge in [0.15, 0.2) is 0 Å². The summed E-state index contributed by atoms with van der Waals surface area (Å²) in [6, 6.07) is 8.03. The van der Waals surface area contributed by atoms with Crippen LogP contribution in [0.3, 0.4) is 0 Å². The molecule has 3 nitrogen and oxygen atoms in total. The maximum absolute atomic E-state index is 5.43. The summed E-state index contributed by atoms with van der Waals surface area (Å²) in [6.07, 6.45) is 5.28. The minimum absolute atomic E-state index is 0.618. The zero-order chi connectivity index (χ0) is 13.5. The highest BCUT2D eigenvalue weighted by Gasteiger charge is 2.40. The average molecular weight is 272 g/mol. The molecule has 108 valence electrons. The van der Waals surface area contributed by atoms with Crippen molar-refractivity contribution in [3.05, 3.63) is 29.3 Å². The molecular formula is C17H24N2O. The Balaban J connectivity index is 1.64. The number of likely N-dealkylation sites (tertiary alicyclic amines) is 1. The Bertz CT molecular complexity index is 502. The Morgan fingerprint density at radius 3 is 3.10 bits per heavy atom. The van der Waals surface area contributed by atoms with Crippen LogP contribution in [0.4, 0.5) is 0 Å². The van der Waals surface area contributed by atoms with Crippen molar-refractivity contribution in [3.63, 3.8) is 0 Å². The van der Waals surface area contributed by atoms with Gasteiger partial charge in [-0.3, -0.25) is 4.90 Å². The zero-order valence-corrected chi connectivity index (χ0v) is 12.3. The summed E-state index contributed by atoms with van der Waals surface area (Å²) in [5, 5.41) is 3.60. The minimum Gasteiger partial charge on any atom is -0.497 e. The number of methoxy groups -OCH3 is 1. The first-order valence-electron chi connectivity index (χ1n) is 8.00. The summed E-state index contributed by atoms with van der Waals surface area (Å²) in [5.74, 6) is 1.88. The lowest BCUT2D eigenvalue weighted by atomic mass is 9.89. The van der Waals surface area contributed by atoms with E-state index in [1.54, 1.807) is 7.11 Å². The summed E-state index contributed by atoms with van der Waals surface area (Å²) in [7, 11) is 1.77. The molecule has 0 spiro atoms. The Hall–Kier alpha value is -1.06. The molecule has 3 atom stereocenters. The summed E-state index contributed by atoms with van der Waals surface area (Å²) in [4.78, 5) is 2.79. The van der Waals surface area contributed by atoms with Crippen LogP contribution in [0.15, 0.2) is 18.2 Å². The molecule has 20 heavy (non-hydrogen) atoms. The van der Waals surface area contributed by atoms with E-state index in [2.05, 4.69) is 28.4 Å². The smallest absolute Gasteiger partial charge is 0.119 e. The Morgan fingerprint density at radius 2 is 2.20 bits per heavy atom. The average Bonchev–Trinajstić information content (AvgIpc) is 3.12. The second kappa shape index (κ2) is 5.05. The van der Waals surface area contributed by atoms with Gasteiger partial charge in [0.05, 0.1) is 7.11 Å². The number of nitrogens with zero attached hydrogens (tertiary/aromatic N) is 1. The van der Waals surface area contributed by atoms with Gasteiger partial charge in [-0.05, 0) is 68.0 Å². The number of benzene rings is 1. The lowest BCUT2D eigenvalue weighted by molar-refractivity contribution is 0.0770. The molecule has 1 aromatic rings. The van der Waals surface area contributed by atoms with Crippen LogP contribution in [-0.2, 0) is 6.42 Å². The van der Waals surface area contributed by atoms with Crippen molar-refractivity contribution in [2.24, 2.45) is 5.92 Å². The monoisotopic (exact) mass is 272 g/mol. The maximum Gasteiger partial charge on any atom is 0.119 e. The number of nitrogens with one attached hydrogen (secondary N) is 1. The van der Waals surface area contributed by atoms with Gasteiger partial charge in [-0.15, -0.1) is 0 Å². The van der Waals surface area contributed by atoms with Crippen molar-refractivity contribution < 1.29 is 4.74 Å². The first kappa shape index (κ1) is 12.7. The first-order chi connectivity index (χ1) is 9.86. The molecule has 2 aliphatic heterocycles. The number of aryl methyl sites for hydroxylation is 1. The van der Waals surface area contributed by atoms with Crippen LogP contribution in [-0.4, -0.2) is 37.7 Å². The molecule has 3 aliphatic rings. The minimum atomic E-state index is 0.618. The fourth-order valence-corrected chi connectivity index (χ4v) is 4.52. The molecule has 4 rings (SSSR count). The van der Waals surface area contributed by atoms with E-state index in [4.69, 9.17) is 4.74 Å².